The molecule has 7 nitrogen and oxygen atoms in total. The van der Waals surface area contributed by atoms with Crippen molar-refractivity contribution in [3.05, 3.63) is 82.5 Å². The Kier molecular flexibility index (Phi) is 10.7. The number of rotatable bonds is 8. The molecule has 1 amide bonds. The van der Waals surface area contributed by atoms with E-state index in [1.165, 1.54) is 60.8 Å². The molecular weight excluding hydrogens is 498 g/mol. The Morgan fingerprint density at radius 2 is 1.73 bits per heavy atom. The van der Waals surface area contributed by atoms with Gasteiger partial charge in [-0.05, 0) is 99.6 Å². The Morgan fingerprint density at radius 3 is 2.42 bits per heavy atom. The van der Waals surface area contributed by atoms with Gasteiger partial charge in [0.15, 0.2) is 0 Å². The van der Waals surface area contributed by atoms with Crippen LogP contribution in [0.1, 0.15) is 71.1 Å². The van der Waals surface area contributed by atoms with Gasteiger partial charge in [-0.15, -0.1) is 0 Å². The normalized spacial score (nSPS) is 16.5. The zero-order valence-corrected chi connectivity index (χ0v) is 24.3. The number of benzene rings is 2. The molecule has 2 aromatic carbocycles. The average Bonchev–Trinajstić information content (AvgIpc) is 3.48. The summed E-state index contributed by atoms with van der Waals surface area (Å²) in [6.45, 7) is 8.21. The number of hydrogen-bond donors (Lipinski definition) is 3. The van der Waals surface area contributed by atoms with Crippen molar-refractivity contribution in [3.8, 4) is 11.1 Å². The number of piperidine rings is 1. The molecule has 0 atom stereocenters. The van der Waals surface area contributed by atoms with Crippen molar-refractivity contribution in [3.63, 3.8) is 0 Å². The van der Waals surface area contributed by atoms with Gasteiger partial charge in [-0.2, -0.15) is 0 Å². The van der Waals surface area contributed by atoms with Crippen molar-refractivity contribution in [2.24, 2.45) is 5.73 Å². The van der Waals surface area contributed by atoms with Crippen LogP contribution in [0.2, 0.25) is 0 Å². The van der Waals surface area contributed by atoms with Gasteiger partial charge in [0.1, 0.15) is 5.82 Å². The molecule has 1 aliphatic carbocycles. The molecule has 3 aromatic rings. The highest BCUT2D eigenvalue weighted by atomic mass is 16.5. The first kappa shape index (κ1) is 29.7. The van der Waals surface area contributed by atoms with Gasteiger partial charge >= 0.3 is 0 Å². The van der Waals surface area contributed by atoms with Crippen LogP contribution < -0.4 is 16.8 Å². The van der Waals surface area contributed by atoms with Crippen molar-refractivity contribution in [1.29, 1.82) is 0 Å². The van der Waals surface area contributed by atoms with Gasteiger partial charge in [0.05, 0.1) is 18.3 Å². The second-order valence-corrected chi connectivity index (χ2v) is 11.3. The number of carbonyl (C=O) groups is 1. The number of aromatic nitrogens is 1. The SMILES string of the molecule is CN1CCC(NCc2cccc(-c3cnc(N)c(C(N)=O)c3)c2)CC1.Cc1ccc(COC2CCCC2)cc1C. The number of likely N-dealkylation sites (tertiary alicyclic amines) is 1. The Hall–Kier alpha value is -3.26. The van der Waals surface area contributed by atoms with E-state index < -0.39 is 5.91 Å². The van der Waals surface area contributed by atoms with E-state index in [4.69, 9.17) is 16.2 Å². The summed E-state index contributed by atoms with van der Waals surface area (Å²) in [5.74, 6) is -0.400. The van der Waals surface area contributed by atoms with Crippen molar-refractivity contribution in [2.45, 2.75) is 77.7 Å². The molecule has 0 radical (unpaired) electrons. The molecule has 1 saturated carbocycles. The van der Waals surface area contributed by atoms with Crippen LogP contribution in [0, 0.1) is 13.8 Å². The molecule has 0 bridgehead atoms. The fourth-order valence-corrected chi connectivity index (χ4v) is 5.33. The molecule has 2 heterocycles. The third-order valence-corrected chi connectivity index (χ3v) is 8.12. The van der Waals surface area contributed by atoms with Crippen LogP contribution in [0.3, 0.4) is 0 Å². The molecule has 40 heavy (non-hydrogen) atoms. The van der Waals surface area contributed by atoms with Crippen LogP contribution >= 0.6 is 0 Å². The van der Waals surface area contributed by atoms with Crippen LogP contribution in [-0.4, -0.2) is 48.1 Å². The zero-order valence-electron chi connectivity index (χ0n) is 24.3. The number of hydrogen-bond acceptors (Lipinski definition) is 6. The number of primary amides is 1. The molecule has 2 aliphatic rings. The van der Waals surface area contributed by atoms with E-state index in [0.29, 0.717) is 12.1 Å². The maximum absolute atomic E-state index is 11.5. The van der Waals surface area contributed by atoms with Crippen molar-refractivity contribution < 1.29 is 9.53 Å². The van der Waals surface area contributed by atoms with Crippen LogP contribution in [0.15, 0.2) is 54.7 Å². The van der Waals surface area contributed by atoms with Gasteiger partial charge in [0.2, 0.25) is 0 Å². The van der Waals surface area contributed by atoms with Gasteiger partial charge in [0.25, 0.3) is 5.91 Å². The summed E-state index contributed by atoms with van der Waals surface area (Å²) in [5, 5.41) is 3.64. The van der Waals surface area contributed by atoms with Crippen molar-refractivity contribution in [2.75, 3.05) is 25.9 Å². The molecule has 7 heteroatoms. The van der Waals surface area contributed by atoms with E-state index in [-0.39, 0.29) is 11.4 Å². The number of nitrogens with zero attached hydrogens (tertiary/aromatic N) is 2. The predicted octanol–water partition coefficient (Wildman–Crippen LogP) is 5.38. The van der Waals surface area contributed by atoms with E-state index in [0.717, 1.165) is 37.4 Å². The lowest BCUT2D eigenvalue weighted by molar-refractivity contribution is 0.0456. The number of ether oxygens (including phenoxy) is 1. The maximum Gasteiger partial charge on any atom is 0.252 e. The minimum atomic E-state index is -0.563. The third kappa shape index (κ3) is 8.62. The first-order chi connectivity index (χ1) is 19.3. The quantitative estimate of drug-likeness (QED) is 0.352. The summed E-state index contributed by atoms with van der Waals surface area (Å²) in [5.41, 5.74) is 18.4. The molecule has 2 fully saturated rings. The summed E-state index contributed by atoms with van der Waals surface area (Å²) in [4.78, 5) is 17.9. The molecular formula is C33H45N5O2. The number of anilines is 1. The van der Waals surface area contributed by atoms with Crippen LogP contribution in [-0.2, 0) is 17.9 Å². The lowest BCUT2D eigenvalue weighted by Gasteiger charge is -2.29. The van der Waals surface area contributed by atoms with Gasteiger partial charge in [-0.1, -0.05) is 49.2 Å². The number of nitrogens with one attached hydrogen (secondary N) is 1. The first-order valence-electron chi connectivity index (χ1n) is 14.5. The summed E-state index contributed by atoms with van der Waals surface area (Å²) >= 11 is 0. The number of nitrogens with two attached hydrogens (primary N) is 2. The molecule has 5 N–H and O–H groups in total. The fraction of sp³-hybridized carbons (Fsp3) is 0.455. The van der Waals surface area contributed by atoms with E-state index in [2.05, 4.69) is 66.4 Å². The highest BCUT2D eigenvalue weighted by molar-refractivity contribution is 5.98. The number of amides is 1. The molecule has 0 spiro atoms. The van der Waals surface area contributed by atoms with Crippen molar-refractivity contribution in [1.82, 2.24) is 15.2 Å². The number of nitrogen functional groups attached to an aromatic ring is 1. The van der Waals surface area contributed by atoms with Gasteiger partial charge in [-0.3, -0.25) is 4.79 Å². The van der Waals surface area contributed by atoms with E-state index in [9.17, 15) is 4.79 Å². The zero-order chi connectivity index (χ0) is 28.5. The summed E-state index contributed by atoms with van der Waals surface area (Å²) in [6, 6.07) is 17.1. The first-order valence-corrected chi connectivity index (χ1v) is 14.5. The minimum absolute atomic E-state index is 0.163. The van der Waals surface area contributed by atoms with Crippen molar-refractivity contribution >= 4 is 11.7 Å². The molecule has 0 unspecified atom stereocenters. The van der Waals surface area contributed by atoms with E-state index in [1.807, 2.05) is 12.1 Å². The summed E-state index contributed by atoms with van der Waals surface area (Å²) in [7, 11) is 2.17. The van der Waals surface area contributed by atoms with Crippen LogP contribution in [0.25, 0.3) is 11.1 Å². The molecule has 1 saturated heterocycles. The lowest BCUT2D eigenvalue weighted by Crippen LogP contribution is -2.40. The highest BCUT2D eigenvalue weighted by Gasteiger charge is 2.16. The Balaban J connectivity index is 0.000000210. The minimum Gasteiger partial charge on any atom is -0.383 e. The summed E-state index contributed by atoms with van der Waals surface area (Å²) in [6.07, 6.45) is 9.75. The smallest absolute Gasteiger partial charge is 0.252 e. The van der Waals surface area contributed by atoms with Crippen LogP contribution in [0.5, 0.6) is 0 Å². The second-order valence-electron chi connectivity index (χ2n) is 11.3. The monoisotopic (exact) mass is 543 g/mol. The highest BCUT2D eigenvalue weighted by Crippen LogP contribution is 2.24. The van der Waals surface area contributed by atoms with Gasteiger partial charge in [0, 0.05) is 24.3 Å². The van der Waals surface area contributed by atoms with E-state index >= 15 is 0 Å². The number of carbonyl (C=O) groups excluding carboxylic acids is 1. The Labute approximate surface area is 239 Å². The molecule has 1 aliphatic heterocycles. The largest absolute Gasteiger partial charge is 0.383 e. The average molecular weight is 544 g/mol. The van der Waals surface area contributed by atoms with Gasteiger partial charge < -0.3 is 26.4 Å². The number of aryl methyl sites for hydroxylation is 2. The Morgan fingerprint density at radius 1 is 0.975 bits per heavy atom. The molecule has 5 rings (SSSR count). The molecule has 1 aromatic heterocycles. The summed E-state index contributed by atoms with van der Waals surface area (Å²) < 4.78 is 5.88. The predicted molar refractivity (Wildman–Crippen MR) is 163 cm³/mol. The third-order valence-electron chi connectivity index (χ3n) is 8.12. The Bertz CT molecular complexity index is 1260. The maximum atomic E-state index is 11.5. The van der Waals surface area contributed by atoms with E-state index in [1.54, 1.807) is 12.3 Å². The van der Waals surface area contributed by atoms with Crippen LogP contribution in [0.4, 0.5) is 5.82 Å². The topological polar surface area (TPSA) is 107 Å². The molecule has 214 valence electrons. The number of pyridine rings is 1. The van der Waals surface area contributed by atoms with Gasteiger partial charge in [-0.25, -0.2) is 4.98 Å². The standard InChI is InChI=1S/C19H25N5O.C14H20O/c1-24-7-5-16(6-8-24)22-11-13-3-2-4-14(9-13)15-10-17(19(21)25)18(20)23-12-15;1-11-7-8-13(9-12(11)2)10-15-14-5-3-4-6-14/h2-4,9-10,12,16,22H,5-8,11H2,1H3,(H2,20,23)(H2,21,25);7-9,14H,3-6,10H2,1-2H3. The fourth-order valence-electron chi connectivity index (χ4n) is 5.33. The lowest BCUT2D eigenvalue weighted by atomic mass is 10.0. The second kappa shape index (κ2) is 14.4.